The highest BCUT2D eigenvalue weighted by Gasteiger charge is 2.17. The van der Waals surface area contributed by atoms with Gasteiger partial charge in [0.15, 0.2) is 5.84 Å². The van der Waals surface area contributed by atoms with Crippen LogP contribution in [0.1, 0.15) is 22.4 Å². The molecule has 7 heteroatoms. The minimum absolute atomic E-state index is 0.0426. The first kappa shape index (κ1) is 14.7. The number of ether oxygens (including phenoxy) is 1. The van der Waals surface area contributed by atoms with Crippen LogP contribution in [0.15, 0.2) is 29.4 Å². The summed E-state index contributed by atoms with van der Waals surface area (Å²) >= 11 is 0. The molecule has 1 aromatic heterocycles. The van der Waals surface area contributed by atoms with Crippen LogP contribution in [0.4, 0.5) is 0 Å². The summed E-state index contributed by atoms with van der Waals surface area (Å²) in [6.07, 6.45) is 0. The van der Waals surface area contributed by atoms with Crippen LogP contribution in [-0.4, -0.2) is 26.3 Å². The third kappa shape index (κ3) is 3.09. The Labute approximate surface area is 121 Å². The van der Waals surface area contributed by atoms with Crippen molar-refractivity contribution in [1.82, 2.24) is 10.2 Å². The van der Waals surface area contributed by atoms with Crippen LogP contribution in [-0.2, 0) is 6.61 Å². The van der Waals surface area contributed by atoms with Crippen molar-refractivity contribution in [3.8, 4) is 11.6 Å². The number of amidine groups is 1. The van der Waals surface area contributed by atoms with E-state index in [1.165, 1.54) is 0 Å². The van der Waals surface area contributed by atoms with Gasteiger partial charge in [0.1, 0.15) is 5.75 Å². The molecule has 0 unspecified atom stereocenters. The lowest BCUT2D eigenvalue weighted by Crippen LogP contribution is -2.18. The van der Waals surface area contributed by atoms with Gasteiger partial charge in [0, 0.05) is 0 Å². The van der Waals surface area contributed by atoms with Crippen LogP contribution >= 0.6 is 0 Å². The Morgan fingerprint density at radius 3 is 2.48 bits per heavy atom. The summed E-state index contributed by atoms with van der Waals surface area (Å²) in [5.41, 5.74) is 8.24. The maximum atomic E-state index is 9.01. The average molecular weight is 288 g/mol. The smallest absolute Gasteiger partial charge is 0.250 e. The number of aromatic nitrogens is 2. The Morgan fingerprint density at radius 1 is 1.24 bits per heavy atom. The van der Waals surface area contributed by atoms with E-state index in [1.807, 2.05) is 0 Å². The zero-order chi connectivity index (χ0) is 15.4. The van der Waals surface area contributed by atoms with Crippen molar-refractivity contribution in [1.29, 1.82) is 0 Å². The Bertz CT molecular complexity index is 669. The Hall–Kier alpha value is -2.67. The van der Waals surface area contributed by atoms with Crippen molar-refractivity contribution in [2.24, 2.45) is 10.9 Å². The molecule has 0 spiro atoms. The van der Waals surface area contributed by atoms with E-state index >= 15 is 0 Å². The average Bonchev–Trinajstić information content (AvgIpc) is 2.51. The number of benzene rings is 1. The number of aliphatic hydroxyl groups is 1. The molecule has 1 aromatic carbocycles. The van der Waals surface area contributed by atoms with Crippen molar-refractivity contribution in [2.45, 2.75) is 20.5 Å². The quantitative estimate of drug-likeness (QED) is 0.340. The van der Waals surface area contributed by atoms with E-state index in [0.717, 1.165) is 11.1 Å². The highest BCUT2D eigenvalue weighted by Crippen LogP contribution is 2.26. The molecule has 4 N–H and O–H groups in total. The van der Waals surface area contributed by atoms with E-state index < -0.39 is 0 Å². The van der Waals surface area contributed by atoms with Crippen molar-refractivity contribution in [2.75, 3.05) is 0 Å². The number of aliphatic hydroxyl groups excluding tert-OH is 1. The van der Waals surface area contributed by atoms with E-state index in [-0.39, 0.29) is 18.3 Å². The van der Waals surface area contributed by atoms with Crippen molar-refractivity contribution in [3.63, 3.8) is 0 Å². The lowest BCUT2D eigenvalue weighted by Gasteiger charge is -2.12. The molecule has 2 rings (SSSR count). The molecule has 0 bridgehead atoms. The monoisotopic (exact) mass is 288 g/mol. The van der Waals surface area contributed by atoms with E-state index in [4.69, 9.17) is 20.8 Å². The molecule has 0 saturated heterocycles. The normalized spacial score (nSPS) is 11.5. The van der Waals surface area contributed by atoms with Gasteiger partial charge in [-0.05, 0) is 37.1 Å². The van der Waals surface area contributed by atoms with Crippen LogP contribution in [0.5, 0.6) is 11.6 Å². The maximum absolute atomic E-state index is 9.01. The van der Waals surface area contributed by atoms with Crippen molar-refractivity contribution in [3.05, 3.63) is 46.6 Å². The SMILES string of the molecule is Cc1nnc(Oc2ccc(CO)cc2)c(C(N)=NO)c1C. The molecule has 0 saturated carbocycles. The molecule has 0 atom stereocenters. The lowest BCUT2D eigenvalue weighted by molar-refractivity contribution is 0.281. The molecular weight excluding hydrogens is 272 g/mol. The number of oxime groups is 1. The molecule has 21 heavy (non-hydrogen) atoms. The van der Waals surface area contributed by atoms with Gasteiger partial charge in [-0.2, -0.15) is 5.10 Å². The van der Waals surface area contributed by atoms with Crippen LogP contribution in [0.2, 0.25) is 0 Å². The van der Waals surface area contributed by atoms with Gasteiger partial charge >= 0.3 is 0 Å². The highest BCUT2D eigenvalue weighted by atomic mass is 16.5. The summed E-state index contributed by atoms with van der Waals surface area (Å²) in [4.78, 5) is 0. The summed E-state index contributed by atoms with van der Waals surface area (Å²) in [7, 11) is 0. The number of nitrogens with two attached hydrogens (primary N) is 1. The number of rotatable bonds is 4. The Kier molecular flexibility index (Phi) is 4.34. The van der Waals surface area contributed by atoms with Gasteiger partial charge in [0.2, 0.25) is 5.88 Å². The van der Waals surface area contributed by atoms with Crippen LogP contribution in [0.25, 0.3) is 0 Å². The predicted octanol–water partition coefficient (Wildman–Crippen LogP) is 1.47. The van der Waals surface area contributed by atoms with Gasteiger partial charge in [0.05, 0.1) is 17.9 Å². The van der Waals surface area contributed by atoms with Crippen LogP contribution in [0.3, 0.4) is 0 Å². The van der Waals surface area contributed by atoms with Gasteiger partial charge in [-0.1, -0.05) is 17.3 Å². The molecule has 0 fully saturated rings. The van der Waals surface area contributed by atoms with Gasteiger partial charge in [-0.3, -0.25) is 0 Å². The first-order chi connectivity index (χ1) is 10.1. The molecule has 0 amide bonds. The molecule has 110 valence electrons. The third-order valence-corrected chi connectivity index (χ3v) is 3.11. The topological polar surface area (TPSA) is 114 Å². The summed E-state index contributed by atoms with van der Waals surface area (Å²) in [5, 5.41) is 28.8. The zero-order valence-corrected chi connectivity index (χ0v) is 11.7. The Balaban J connectivity index is 2.41. The third-order valence-electron chi connectivity index (χ3n) is 3.11. The summed E-state index contributed by atoms with van der Waals surface area (Å²) in [6.45, 7) is 3.52. The number of nitrogens with zero attached hydrogens (tertiary/aromatic N) is 3. The molecular formula is C14H16N4O3. The van der Waals surface area contributed by atoms with E-state index in [9.17, 15) is 0 Å². The fourth-order valence-electron chi connectivity index (χ4n) is 1.78. The molecule has 0 aliphatic rings. The number of hydrogen-bond donors (Lipinski definition) is 3. The van der Waals surface area contributed by atoms with Gasteiger partial charge in [0.25, 0.3) is 0 Å². The fraction of sp³-hybridized carbons (Fsp3) is 0.214. The van der Waals surface area contributed by atoms with Crippen LogP contribution in [0, 0.1) is 13.8 Å². The molecule has 2 aromatic rings. The second kappa shape index (κ2) is 6.19. The summed E-state index contributed by atoms with van der Waals surface area (Å²) in [6, 6.07) is 6.84. The fourth-order valence-corrected chi connectivity index (χ4v) is 1.78. The van der Waals surface area contributed by atoms with Gasteiger partial charge in [-0.25, -0.2) is 0 Å². The summed E-state index contributed by atoms with van der Waals surface area (Å²) < 4.78 is 5.64. The highest BCUT2D eigenvalue weighted by molar-refractivity contribution is 6.00. The Morgan fingerprint density at radius 2 is 1.90 bits per heavy atom. The predicted molar refractivity (Wildman–Crippen MR) is 76.5 cm³/mol. The van der Waals surface area contributed by atoms with E-state index in [1.54, 1.807) is 38.1 Å². The summed E-state index contributed by atoms with van der Waals surface area (Å²) in [5.74, 6) is 0.578. The molecule has 0 aliphatic carbocycles. The standard InChI is InChI=1S/C14H16N4O3/c1-8-9(2)16-17-14(12(8)13(15)18-20)21-11-5-3-10(7-19)4-6-11/h3-6,19-20H,7H2,1-2H3,(H2,15,18). The first-order valence-electron chi connectivity index (χ1n) is 6.26. The van der Waals surface area contributed by atoms with Gasteiger partial charge in [-0.15, -0.1) is 5.10 Å². The van der Waals surface area contributed by atoms with E-state index in [0.29, 0.717) is 17.0 Å². The molecule has 0 radical (unpaired) electrons. The van der Waals surface area contributed by atoms with E-state index in [2.05, 4.69) is 15.4 Å². The number of aryl methyl sites for hydroxylation is 1. The second-order valence-electron chi connectivity index (χ2n) is 4.48. The molecule has 0 aliphatic heterocycles. The molecule has 7 nitrogen and oxygen atoms in total. The second-order valence-corrected chi connectivity index (χ2v) is 4.48. The maximum Gasteiger partial charge on any atom is 0.250 e. The number of hydrogen-bond acceptors (Lipinski definition) is 6. The van der Waals surface area contributed by atoms with Crippen molar-refractivity contribution < 1.29 is 15.1 Å². The van der Waals surface area contributed by atoms with Crippen LogP contribution < -0.4 is 10.5 Å². The first-order valence-corrected chi connectivity index (χ1v) is 6.26. The van der Waals surface area contributed by atoms with Gasteiger partial charge < -0.3 is 20.8 Å². The minimum Gasteiger partial charge on any atom is -0.437 e. The molecule has 1 heterocycles. The lowest BCUT2D eigenvalue weighted by atomic mass is 10.1. The zero-order valence-electron chi connectivity index (χ0n) is 11.7. The largest absolute Gasteiger partial charge is 0.437 e. The minimum atomic E-state index is -0.0903. The van der Waals surface area contributed by atoms with Crippen molar-refractivity contribution >= 4 is 5.84 Å².